The zero-order valence-corrected chi connectivity index (χ0v) is 8.73. The monoisotopic (exact) mass is 228 g/mol. The van der Waals surface area contributed by atoms with Crippen LogP contribution in [0.2, 0.25) is 0 Å². The van der Waals surface area contributed by atoms with Crippen molar-refractivity contribution in [2.45, 2.75) is 6.92 Å². The van der Waals surface area contributed by atoms with Crippen molar-refractivity contribution >= 4 is 23.4 Å². The van der Waals surface area contributed by atoms with Crippen molar-refractivity contribution < 1.29 is 9.84 Å². The van der Waals surface area contributed by atoms with Crippen molar-refractivity contribution in [3.05, 3.63) is 28.7 Å². The second kappa shape index (κ2) is 5.31. The topological polar surface area (TPSA) is 71.2 Å². The molecule has 0 aromatic heterocycles. The van der Waals surface area contributed by atoms with Gasteiger partial charge in [0, 0.05) is 17.3 Å². The normalized spacial score (nSPS) is 11.2. The van der Waals surface area contributed by atoms with Crippen LogP contribution in [-0.2, 0) is 4.74 Å². The van der Waals surface area contributed by atoms with Crippen LogP contribution >= 0.6 is 11.8 Å². The number of phenolic OH excluding ortho intramolecular Hbond substituents is 1. The summed E-state index contributed by atoms with van der Waals surface area (Å²) in [4.78, 5) is 10.3. The number of rotatable bonds is 3. The van der Waals surface area contributed by atoms with Gasteiger partial charge in [-0.2, -0.15) is 0 Å². The van der Waals surface area contributed by atoms with Gasteiger partial charge in [0.25, 0.3) is 0 Å². The first kappa shape index (κ1) is 11.5. The molecular weight excluding hydrogens is 220 g/mol. The number of benzene rings is 1. The van der Waals surface area contributed by atoms with Gasteiger partial charge in [-0.05, 0) is 30.3 Å². The molecule has 5 nitrogen and oxygen atoms in total. The number of hydrogen-bond acceptors (Lipinski definition) is 5. The molecule has 1 N–H and O–H groups in total. The summed E-state index contributed by atoms with van der Waals surface area (Å²) in [6.45, 7) is 2.18. The zero-order chi connectivity index (χ0) is 11.3. The van der Waals surface area contributed by atoms with E-state index in [1.54, 1.807) is 6.92 Å². The van der Waals surface area contributed by atoms with Crippen LogP contribution in [0.1, 0.15) is 12.5 Å². The fourth-order valence-corrected chi connectivity index (χ4v) is 1.17. The summed E-state index contributed by atoms with van der Waals surface area (Å²) in [5.74, 6) is -0.0109. The number of halogens is 1. The molecule has 0 atom stereocenters. The second-order valence-electron chi connectivity index (χ2n) is 2.62. The maximum absolute atomic E-state index is 10.3. The smallest absolute Gasteiger partial charge is 0.233 e. The van der Waals surface area contributed by atoms with Gasteiger partial charge in [-0.25, -0.2) is 0 Å². The molecule has 1 rings (SSSR count). The third-order valence-electron chi connectivity index (χ3n) is 1.68. The van der Waals surface area contributed by atoms with Crippen molar-refractivity contribution in [3.8, 4) is 5.75 Å². The van der Waals surface area contributed by atoms with Crippen molar-refractivity contribution in [1.29, 1.82) is 0 Å². The molecule has 80 valence electrons. The number of hydrogen-bond donors (Lipinski definition) is 1. The predicted octanol–water partition coefficient (Wildman–Crippen LogP) is 2.73. The maximum atomic E-state index is 10.3. The molecule has 0 aliphatic carbocycles. The van der Waals surface area contributed by atoms with Crippen LogP contribution in [0.25, 0.3) is 0 Å². The molecule has 1 aromatic rings. The molecule has 0 saturated carbocycles. The lowest BCUT2D eigenvalue weighted by molar-refractivity contribution is 0.329. The molecule has 1 aromatic carbocycles. The first-order valence-corrected chi connectivity index (χ1v) is 4.55. The average molecular weight is 229 g/mol. The number of phenols is 1. The van der Waals surface area contributed by atoms with Gasteiger partial charge in [-0.15, -0.1) is 9.42 Å². The summed E-state index contributed by atoms with van der Waals surface area (Å²) < 4.78 is 8.50. The summed E-state index contributed by atoms with van der Waals surface area (Å²) in [6.07, 6.45) is 0. The second-order valence-corrected chi connectivity index (χ2v) is 2.79. The van der Waals surface area contributed by atoms with Gasteiger partial charge < -0.3 is 9.84 Å². The van der Waals surface area contributed by atoms with Crippen LogP contribution < -0.4 is 0 Å². The SMILES string of the molecule is CCOC(=NCl)c1ccc(O)c(N=O)c1. The number of ether oxygens (including phenoxy) is 1. The first-order chi connectivity index (χ1) is 7.22. The lowest BCUT2D eigenvalue weighted by Gasteiger charge is -2.06. The van der Waals surface area contributed by atoms with Crippen LogP contribution in [0.3, 0.4) is 0 Å². The predicted molar refractivity (Wildman–Crippen MR) is 57.6 cm³/mol. The fraction of sp³-hybridized carbons (Fsp3) is 0.222. The van der Waals surface area contributed by atoms with Crippen LogP contribution in [-0.4, -0.2) is 17.6 Å². The van der Waals surface area contributed by atoms with E-state index in [1.807, 2.05) is 0 Å². The Labute approximate surface area is 91.4 Å². The molecule has 0 amide bonds. The van der Waals surface area contributed by atoms with Crippen LogP contribution in [0.5, 0.6) is 5.75 Å². The third-order valence-corrected chi connectivity index (χ3v) is 1.83. The van der Waals surface area contributed by atoms with E-state index in [0.717, 1.165) is 0 Å². The highest BCUT2D eigenvalue weighted by molar-refractivity contribution is 6.21. The Morgan fingerprint density at radius 1 is 1.60 bits per heavy atom. The van der Waals surface area contributed by atoms with Crippen molar-refractivity contribution in [1.82, 2.24) is 0 Å². The molecule has 0 fully saturated rings. The summed E-state index contributed by atoms with van der Waals surface area (Å²) in [5.41, 5.74) is 0.407. The number of aromatic hydroxyl groups is 1. The molecule has 0 heterocycles. The van der Waals surface area contributed by atoms with Crippen LogP contribution in [0, 0.1) is 4.91 Å². The summed E-state index contributed by atoms with van der Waals surface area (Å²) in [6, 6.07) is 4.20. The van der Waals surface area contributed by atoms with Crippen LogP contribution in [0.15, 0.2) is 27.9 Å². The van der Waals surface area contributed by atoms with E-state index in [1.165, 1.54) is 18.2 Å². The van der Waals surface area contributed by atoms with E-state index >= 15 is 0 Å². The lowest BCUT2D eigenvalue weighted by Crippen LogP contribution is -2.05. The largest absolute Gasteiger partial charge is 0.506 e. The number of nitroso groups, excluding NO2 is 1. The molecule has 0 bridgehead atoms. The highest BCUT2D eigenvalue weighted by atomic mass is 35.5. The lowest BCUT2D eigenvalue weighted by atomic mass is 10.2. The van der Waals surface area contributed by atoms with E-state index < -0.39 is 0 Å². The molecule has 0 spiro atoms. The molecule has 0 unspecified atom stereocenters. The minimum absolute atomic E-state index is 0.0787. The summed E-state index contributed by atoms with van der Waals surface area (Å²) >= 11 is 5.31. The molecule has 0 radical (unpaired) electrons. The van der Waals surface area contributed by atoms with E-state index in [2.05, 4.69) is 9.69 Å². The maximum Gasteiger partial charge on any atom is 0.233 e. The third kappa shape index (κ3) is 2.66. The molecule has 6 heteroatoms. The average Bonchev–Trinajstić information content (AvgIpc) is 2.27. The van der Waals surface area contributed by atoms with E-state index in [4.69, 9.17) is 16.5 Å². The Bertz CT molecular complexity index is 393. The Kier molecular flexibility index (Phi) is 4.05. The summed E-state index contributed by atoms with van der Waals surface area (Å²) in [7, 11) is 0. The van der Waals surface area contributed by atoms with Gasteiger partial charge in [0.05, 0.1) is 6.61 Å². The fourth-order valence-electron chi connectivity index (χ4n) is 1.02. The molecule has 15 heavy (non-hydrogen) atoms. The standard InChI is InChI=1S/C9H9ClN2O3/c1-2-15-9(11-10)6-3-4-8(13)7(5-6)12-14/h3-5,13H,2H2,1H3. The van der Waals surface area contributed by atoms with Gasteiger partial charge in [-0.3, -0.25) is 0 Å². The highest BCUT2D eigenvalue weighted by Crippen LogP contribution is 2.27. The van der Waals surface area contributed by atoms with Gasteiger partial charge in [-0.1, -0.05) is 0 Å². The Balaban J connectivity index is 3.09. The van der Waals surface area contributed by atoms with Gasteiger partial charge in [0.2, 0.25) is 5.90 Å². The highest BCUT2D eigenvalue weighted by Gasteiger charge is 2.08. The van der Waals surface area contributed by atoms with E-state index in [-0.39, 0.29) is 17.3 Å². The van der Waals surface area contributed by atoms with Gasteiger partial charge >= 0.3 is 0 Å². The molecule has 0 aliphatic rings. The number of nitrogens with zero attached hydrogens (tertiary/aromatic N) is 2. The van der Waals surface area contributed by atoms with Crippen LogP contribution in [0.4, 0.5) is 5.69 Å². The van der Waals surface area contributed by atoms with Crippen molar-refractivity contribution in [3.63, 3.8) is 0 Å². The van der Waals surface area contributed by atoms with E-state index in [0.29, 0.717) is 12.2 Å². The minimum atomic E-state index is -0.195. The Hall–Kier alpha value is -1.62. The Morgan fingerprint density at radius 2 is 2.33 bits per heavy atom. The zero-order valence-electron chi connectivity index (χ0n) is 7.98. The molecule has 0 saturated heterocycles. The van der Waals surface area contributed by atoms with Gasteiger partial charge in [0.15, 0.2) is 0 Å². The van der Waals surface area contributed by atoms with Gasteiger partial charge in [0.1, 0.15) is 11.4 Å². The quantitative estimate of drug-likeness (QED) is 0.491. The van der Waals surface area contributed by atoms with E-state index in [9.17, 15) is 10.0 Å². The molecule has 0 aliphatic heterocycles. The minimum Gasteiger partial charge on any atom is -0.506 e. The van der Waals surface area contributed by atoms with Crippen molar-refractivity contribution in [2.24, 2.45) is 9.69 Å². The first-order valence-electron chi connectivity index (χ1n) is 4.21. The van der Waals surface area contributed by atoms with Crippen molar-refractivity contribution in [2.75, 3.05) is 6.61 Å². The Morgan fingerprint density at radius 3 is 2.87 bits per heavy atom. The summed E-state index contributed by atoms with van der Waals surface area (Å²) in [5, 5.41) is 11.9. The molecular formula is C9H9ClN2O3.